The van der Waals surface area contributed by atoms with Crippen molar-refractivity contribution < 1.29 is 4.42 Å². The smallest absolute Gasteiger partial charge is 0.227 e. The lowest BCUT2D eigenvalue weighted by Gasteiger charge is -2.57. The molecule has 0 amide bonds. The monoisotopic (exact) mass is 660 g/mol. The number of hydrogen-bond acceptors (Lipinski definition) is 5. The van der Waals surface area contributed by atoms with Crippen molar-refractivity contribution in [2.75, 3.05) is 0 Å². The lowest BCUT2D eigenvalue weighted by molar-refractivity contribution is -0.00518. The molecule has 4 saturated carbocycles. The van der Waals surface area contributed by atoms with Crippen molar-refractivity contribution in [2.24, 2.45) is 17.8 Å². The van der Waals surface area contributed by atoms with Gasteiger partial charge in [-0.2, -0.15) is 0 Å². The largest absolute Gasteiger partial charge is 0.435 e. The summed E-state index contributed by atoms with van der Waals surface area (Å²) in [5.41, 5.74) is 7.20. The van der Waals surface area contributed by atoms with E-state index in [9.17, 15) is 0 Å². The summed E-state index contributed by atoms with van der Waals surface area (Å²) in [6, 6.07) is 44.6. The molecule has 0 saturated heterocycles. The van der Waals surface area contributed by atoms with Crippen LogP contribution in [0, 0.1) is 17.8 Å². The Balaban J connectivity index is 1.08. The zero-order chi connectivity index (χ0) is 33.5. The second-order valence-corrected chi connectivity index (χ2v) is 15.3. The van der Waals surface area contributed by atoms with Gasteiger partial charge in [0.15, 0.2) is 23.1 Å². The third-order valence-corrected chi connectivity index (χ3v) is 12.1. The van der Waals surface area contributed by atoms with Gasteiger partial charge >= 0.3 is 0 Å². The third kappa shape index (κ3) is 4.82. The summed E-state index contributed by atoms with van der Waals surface area (Å²) >= 11 is 0. The topological polar surface area (TPSA) is 64.7 Å². The van der Waals surface area contributed by atoms with Gasteiger partial charge in [-0.3, -0.25) is 0 Å². The highest BCUT2D eigenvalue weighted by Gasteiger charge is 2.51. The maximum absolute atomic E-state index is 6.42. The van der Waals surface area contributed by atoms with Crippen LogP contribution in [0.5, 0.6) is 0 Å². The average molecular weight is 661 g/mol. The van der Waals surface area contributed by atoms with Crippen molar-refractivity contribution in [1.82, 2.24) is 19.9 Å². The molecule has 2 aromatic heterocycles. The van der Waals surface area contributed by atoms with Gasteiger partial charge in [0.1, 0.15) is 5.52 Å². The fraction of sp³-hybridized carbons (Fsp3) is 0.217. The van der Waals surface area contributed by atoms with E-state index in [1.165, 1.54) is 49.5 Å². The molecule has 0 radical (unpaired) electrons. The molecule has 4 aliphatic carbocycles. The lowest BCUT2D eigenvalue weighted by atomic mass is 9.48. The van der Waals surface area contributed by atoms with Crippen LogP contribution in [0.3, 0.4) is 0 Å². The van der Waals surface area contributed by atoms with Crippen molar-refractivity contribution in [3.05, 3.63) is 133 Å². The van der Waals surface area contributed by atoms with Gasteiger partial charge in [0.25, 0.3) is 0 Å². The Labute approximate surface area is 296 Å². The van der Waals surface area contributed by atoms with Gasteiger partial charge in [0.05, 0.1) is 0 Å². The summed E-state index contributed by atoms with van der Waals surface area (Å²) in [5, 5.41) is 4.34. The van der Waals surface area contributed by atoms with Crippen LogP contribution in [-0.4, -0.2) is 19.9 Å². The Morgan fingerprint density at radius 2 is 1.10 bits per heavy atom. The second-order valence-electron chi connectivity index (χ2n) is 15.3. The maximum atomic E-state index is 6.42. The van der Waals surface area contributed by atoms with Crippen molar-refractivity contribution in [3.63, 3.8) is 0 Å². The predicted octanol–water partition coefficient (Wildman–Crippen LogP) is 11.5. The van der Waals surface area contributed by atoms with Crippen LogP contribution in [-0.2, 0) is 5.41 Å². The summed E-state index contributed by atoms with van der Waals surface area (Å²) in [5.74, 6) is 5.28. The van der Waals surface area contributed by atoms with E-state index in [4.69, 9.17) is 24.4 Å². The van der Waals surface area contributed by atoms with Gasteiger partial charge in [0, 0.05) is 27.6 Å². The summed E-state index contributed by atoms with van der Waals surface area (Å²) in [6.07, 6.45) is 8.40. The molecule has 5 heteroatoms. The molecule has 51 heavy (non-hydrogen) atoms. The van der Waals surface area contributed by atoms with E-state index < -0.39 is 0 Å². The number of oxazole rings is 1. The Hall–Kier alpha value is -5.68. The number of rotatable bonds is 5. The molecule has 6 aromatic carbocycles. The Kier molecular flexibility index (Phi) is 6.37. The summed E-state index contributed by atoms with van der Waals surface area (Å²) < 4.78 is 6.42. The first kappa shape index (κ1) is 29.1. The van der Waals surface area contributed by atoms with Crippen molar-refractivity contribution in [2.45, 2.75) is 43.9 Å². The molecule has 0 spiro atoms. The Morgan fingerprint density at radius 1 is 0.490 bits per heavy atom. The first-order valence-corrected chi connectivity index (χ1v) is 18.4. The first-order chi connectivity index (χ1) is 25.1. The molecule has 4 bridgehead atoms. The van der Waals surface area contributed by atoms with Gasteiger partial charge in [-0.05, 0) is 108 Å². The quantitative estimate of drug-likeness (QED) is 0.184. The number of hydrogen-bond donors (Lipinski definition) is 0. The fourth-order valence-electron chi connectivity index (χ4n) is 10.2. The molecule has 12 rings (SSSR count). The van der Waals surface area contributed by atoms with Crippen molar-refractivity contribution in [3.8, 4) is 45.6 Å². The molecule has 2 heterocycles. The minimum absolute atomic E-state index is 0.346. The number of benzene rings is 6. The third-order valence-electron chi connectivity index (χ3n) is 12.1. The maximum Gasteiger partial charge on any atom is 0.227 e. The van der Waals surface area contributed by atoms with E-state index in [1.807, 2.05) is 36.4 Å². The molecule has 5 nitrogen and oxygen atoms in total. The standard InChI is InChI=1S/C46H36N4O/c1-2-9-33(10-3-1)45-47-40-24-39(37-12-6-7-13-38(37)41(40)51-45)44-49-42(48-43(50-44)35-15-14-31-8-4-5-11-34(31)23-35)32-16-18-36(19-17-32)46-25-28-20-29(26-46)22-30(21-28)27-46/h1-19,23-24,28-30H,20-22,25-27H2. The van der Waals surface area contributed by atoms with Crippen LogP contribution in [0.15, 0.2) is 132 Å². The van der Waals surface area contributed by atoms with Crippen LogP contribution in [0.25, 0.3) is 78.3 Å². The van der Waals surface area contributed by atoms with Gasteiger partial charge < -0.3 is 4.42 Å². The van der Waals surface area contributed by atoms with Gasteiger partial charge in [-0.1, -0.05) is 103 Å². The van der Waals surface area contributed by atoms with Crippen LogP contribution < -0.4 is 0 Å². The van der Waals surface area contributed by atoms with Gasteiger partial charge in [-0.15, -0.1) is 0 Å². The minimum Gasteiger partial charge on any atom is -0.435 e. The van der Waals surface area contributed by atoms with E-state index in [2.05, 4.69) is 91.0 Å². The number of fused-ring (bicyclic) bond motifs is 4. The molecule has 8 aromatic rings. The molecule has 4 fully saturated rings. The lowest BCUT2D eigenvalue weighted by Crippen LogP contribution is -2.48. The highest BCUT2D eigenvalue weighted by molar-refractivity contribution is 6.10. The molecule has 0 aliphatic heterocycles. The van der Waals surface area contributed by atoms with E-state index >= 15 is 0 Å². The van der Waals surface area contributed by atoms with Crippen molar-refractivity contribution >= 4 is 32.6 Å². The van der Waals surface area contributed by atoms with Gasteiger partial charge in [-0.25, -0.2) is 19.9 Å². The normalized spacial score (nSPS) is 22.3. The van der Waals surface area contributed by atoms with Crippen LogP contribution in [0.4, 0.5) is 0 Å². The minimum atomic E-state index is 0.346. The summed E-state index contributed by atoms with van der Waals surface area (Å²) in [7, 11) is 0. The Bertz CT molecular complexity index is 2590. The second kappa shape index (κ2) is 11.2. The summed E-state index contributed by atoms with van der Waals surface area (Å²) in [4.78, 5) is 20.5. The molecule has 0 atom stereocenters. The molecule has 0 unspecified atom stereocenters. The fourth-order valence-corrected chi connectivity index (χ4v) is 10.2. The molecule has 0 N–H and O–H groups in total. The molecular formula is C46H36N4O. The van der Waals surface area contributed by atoms with Crippen LogP contribution >= 0.6 is 0 Å². The average Bonchev–Trinajstić information content (AvgIpc) is 3.62. The zero-order valence-electron chi connectivity index (χ0n) is 28.3. The van der Waals surface area contributed by atoms with E-state index in [0.717, 1.165) is 67.3 Å². The first-order valence-electron chi connectivity index (χ1n) is 18.4. The van der Waals surface area contributed by atoms with E-state index in [1.54, 1.807) is 0 Å². The van der Waals surface area contributed by atoms with Crippen LogP contribution in [0.2, 0.25) is 0 Å². The highest BCUT2D eigenvalue weighted by Crippen LogP contribution is 2.60. The summed E-state index contributed by atoms with van der Waals surface area (Å²) in [6.45, 7) is 0. The van der Waals surface area contributed by atoms with Crippen molar-refractivity contribution in [1.29, 1.82) is 0 Å². The Morgan fingerprint density at radius 3 is 1.84 bits per heavy atom. The van der Waals surface area contributed by atoms with E-state index in [-0.39, 0.29) is 0 Å². The number of aromatic nitrogens is 4. The molecule has 246 valence electrons. The number of nitrogens with zero attached hydrogens (tertiary/aromatic N) is 4. The highest BCUT2D eigenvalue weighted by atomic mass is 16.3. The molecule has 4 aliphatic rings. The zero-order valence-corrected chi connectivity index (χ0v) is 28.3. The predicted molar refractivity (Wildman–Crippen MR) is 204 cm³/mol. The SMILES string of the molecule is c1ccc(-c2nc3cc(-c4nc(-c5ccc(C67CC8CC(CC(C8)C6)C7)cc5)nc(-c5ccc6ccccc6c5)n4)c4ccccc4c3o2)cc1. The van der Waals surface area contributed by atoms with E-state index in [0.29, 0.717) is 28.8 Å². The van der Waals surface area contributed by atoms with Crippen LogP contribution in [0.1, 0.15) is 44.1 Å². The van der Waals surface area contributed by atoms with Gasteiger partial charge in [0.2, 0.25) is 5.89 Å². The molecular weight excluding hydrogens is 625 g/mol.